The van der Waals surface area contributed by atoms with E-state index < -0.39 is 0 Å². The molecule has 0 saturated carbocycles. The molecule has 3 heterocycles. The molecule has 0 bridgehead atoms. The van der Waals surface area contributed by atoms with Gasteiger partial charge in [-0.15, -0.1) is 10.2 Å². The fraction of sp³-hybridized carbons (Fsp3) is 0.273. The van der Waals surface area contributed by atoms with E-state index >= 15 is 0 Å². The highest BCUT2D eigenvalue weighted by Gasteiger charge is 2.15. The Kier molecular flexibility index (Phi) is 5.03. The van der Waals surface area contributed by atoms with Gasteiger partial charge in [-0.1, -0.05) is 29.5 Å². The van der Waals surface area contributed by atoms with Crippen LogP contribution in [0, 0.1) is 6.92 Å². The van der Waals surface area contributed by atoms with Crippen molar-refractivity contribution in [2.75, 3.05) is 14.2 Å². The van der Waals surface area contributed by atoms with Crippen molar-refractivity contribution < 1.29 is 9.47 Å². The third-order valence-electron chi connectivity index (χ3n) is 5.32. The zero-order chi connectivity index (χ0) is 21.4. The summed E-state index contributed by atoms with van der Waals surface area (Å²) in [6.45, 7) is 2.58. The van der Waals surface area contributed by atoms with E-state index in [-0.39, 0.29) is 0 Å². The van der Waals surface area contributed by atoms with Gasteiger partial charge in [-0.05, 0) is 43.2 Å². The van der Waals surface area contributed by atoms with Crippen molar-refractivity contribution >= 4 is 27.3 Å². The number of aromatic nitrogens is 6. The van der Waals surface area contributed by atoms with Crippen molar-refractivity contribution in [2.24, 2.45) is 0 Å². The maximum atomic E-state index is 5.40. The Labute approximate surface area is 183 Å². The zero-order valence-electron chi connectivity index (χ0n) is 17.6. The zero-order valence-corrected chi connectivity index (χ0v) is 18.4. The predicted octanol–water partition coefficient (Wildman–Crippen LogP) is 3.69. The van der Waals surface area contributed by atoms with Crippen molar-refractivity contribution in [3.63, 3.8) is 0 Å². The predicted molar refractivity (Wildman–Crippen MR) is 119 cm³/mol. The highest BCUT2D eigenvalue weighted by molar-refractivity contribution is 7.16. The first-order valence-corrected chi connectivity index (χ1v) is 10.8. The molecule has 0 saturated heterocycles. The topological polar surface area (TPSA) is 79.4 Å². The summed E-state index contributed by atoms with van der Waals surface area (Å²) in [5.74, 6) is 3.22. The van der Waals surface area contributed by atoms with Gasteiger partial charge in [0, 0.05) is 6.42 Å². The van der Waals surface area contributed by atoms with E-state index in [1.807, 2.05) is 41.8 Å². The van der Waals surface area contributed by atoms with Gasteiger partial charge >= 0.3 is 0 Å². The summed E-state index contributed by atoms with van der Waals surface area (Å²) in [5.41, 5.74) is 3.24. The van der Waals surface area contributed by atoms with Gasteiger partial charge in [0.1, 0.15) is 10.8 Å². The second-order valence-electron chi connectivity index (χ2n) is 7.23. The second kappa shape index (κ2) is 7.99. The second-order valence-corrected chi connectivity index (χ2v) is 8.27. The number of rotatable bonds is 7. The molecule has 8 nitrogen and oxygen atoms in total. The van der Waals surface area contributed by atoms with E-state index in [1.54, 1.807) is 25.6 Å². The smallest absolute Gasteiger partial charge is 0.234 e. The van der Waals surface area contributed by atoms with E-state index in [2.05, 4.69) is 31.9 Å². The van der Waals surface area contributed by atoms with Crippen LogP contribution in [0.1, 0.15) is 22.2 Å². The number of hydrogen-bond acceptors (Lipinski definition) is 7. The molecule has 0 atom stereocenters. The largest absolute Gasteiger partial charge is 0.493 e. The first kappa shape index (κ1) is 19.5. The first-order valence-electron chi connectivity index (χ1n) is 9.99. The van der Waals surface area contributed by atoms with Crippen LogP contribution in [0.2, 0.25) is 0 Å². The summed E-state index contributed by atoms with van der Waals surface area (Å²) >= 11 is 1.57. The van der Waals surface area contributed by atoms with Crippen LogP contribution in [-0.4, -0.2) is 43.6 Å². The van der Waals surface area contributed by atoms with E-state index in [0.29, 0.717) is 6.54 Å². The fourth-order valence-corrected chi connectivity index (χ4v) is 4.57. The van der Waals surface area contributed by atoms with Crippen molar-refractivity contribution in [1.82, 2.24) is 29.4 Å². The van der Waals surface area contributed by atoms with Gasteiger partial charge in [0.05, 0.1) is 31.8 Å². The van der Waals surface area contributed by atoms with Gasteiger partial charge in [0.2, 0.25) is 4.96 Å². The minimum atomic E-state index is 0.576. The normalized spacial score (nSPS) is 11.5. The molecule has 0 aliphatic rings. The van der Waals surface area contributed by atoms with Crippen molar-refractivity contribution in [3.8, 4) is 11.5 Å². The lowest BCUT2D eigenvalue weighted by Gasteiger charge is -2.09. The van der Waals surface area contributed by atoms with Crippen LogP contribution >= 0.6 is 11.3 Å². The Morgan fingerprint density at radius 2 is 1.81 bits per heavy atom. The summed E-state index contributed by atoms with van der Waals surface area (Å²) in [6, 6.07) is 14.1. The molecule has 31 heavy (non-hydrogen) atoms. The maximum Gasteiger partial charge on any atom is 0.234 e. The fourth-order valence-electron chi connectivity index (χ4n) is 3.72. The average Bonchev–Trinajstić information content (AvgIpc) is 3.46. The SMILES string of the molecule is COc1ccc(CCc2nn3c(Cn4c(C)nc5ccccc54)nnc3s2)cc1OC. The minimum Gasteiger partial charge on any atom is -0.493 e. The Balaban J connectivity index is 1.37. The minimum absolute atomic E-state index is 0.576. The maximum absolute atomic E-state index is 5.40. The number of fused-ring (bicyclic) bond motifs is 2. The molecule has 3 aromatic heterocycles. The van der Waals surface area contributed by atoms with Crippen molar-refractivity contribution in [3.05, 3.63) is 64.7 Å². The lowest BCUT2D eigenvalue weighted by atomic mass is 10.1. The molecule has 0 unspecified atom stereocenters. The number of nitrogens with zero attached hydrogens (tertiary/aromatic N) is 6. The number of imidazole rings is 1. The summed E-state index contributed by atoms with van der Waals surface area (Å²) in [4.78, 5) is 5.44. The highest BCUT2D eigenvalue weighted by atomic mass is 32.1. The van der Waals surface area contributed by atoms with Gasteiger partial charge < -0.3 is 14.0 Å². The Morgan fingerprint density at radius 1 is 0.968 bits per heavy atom. The molecule has 5 aromatic rings. The molecule has 0 N–H and O–H groups in total. The third kappa shape index (κ3) is 3.61. The molecule has 158 valence electrons. The Hall–Kier alpha value is -3.46. The molecule has 0 spiro atoms. The summed E-state index contributed by atoms with van der Waals surface area (Å²) in [5, 5.41) is 14.5. The van der Waals surface area contributed by atoms with Crippen molar-refractivity contribution in [2.45, 2.75) is 26.3 Å². The average molecular weight is 435 g/mol. The summed E-state index contributed by atoms with van der Waals surface area (Å²) < 4.78 is 14.7. The quantitative estimate of drug-likeness (QED) is 0.389. The number of ether oxygens (including phenoxy) is 2. The van der Waals surface area contributed by atoms with Gasteiger partial charge in [-0.2, -0.15) is 9.61 Å². The molecule has 0 radical (unpaired) electrons. The van der Waals surface area contributed by atoms with Gasteiger partial charge in [0.25, 0.3) is 0 Å². The van der Waals surface area contributed by atoms with E-state index in [9.17, 15) is 0 Å². The molecule has 5 rings (SSSR count). The number of para-hydroxylation sites is 2. The first-order chi connectivity index (χ1) is 15.2. The van der Waals surface area contributed by atoms with Gasteiger partial charge in [-0.3, -0.25) is 0 Å². The highest BCUT2D eigenvalue weighted by Crippen LogP contribution is 2.28. The van der Waals surface area contributed by atoms with Crippen LogP contribution in [0.4, 0.5) is 0 Å². The van der Waals surface area contributed by atoms with Crippen LogP contribution < -0.4 is 9.47 Å². The monoisotopic (exact) mass is 434 g/mol. The Bertz CT molecular complexity index is 1370. The lowest BCUT2D eigenvalue weighted by molar-refractivity contribution is 0.354. The molecular formula is C22H22N6O2S. The van der Waals surface area contributed by atoms with Crippen LogP contribution in [0.5, 0.6) is 11.5 Å². The van der Waals surface area contributed by atoms with Crippen LogP contribution in [-0.2, 0) is 19.4 Å². The standard InChI is InChI=1S/C22H22N6O2S/c1-14-23-16-6-4-5-7-17(16)27(14)13-20-24-25-22-28(20)26-21(31-22)11-9-15-8-10-18(29-2)19(12-15)30-3/h4-8,10,12H,9,11,13H2,1-3H3. The van der Waals surface area contributed by atoms with Crippen molar-refractivity contribution in [1.29, 1.82) is 0 Å². The molecule has 9 heteroatoms. The number of hydrogen-bond donors (Lipinski definition) is 0. The molecule has 0 aliphatic heterocycles. The molecule has 2 aromatic carbocycles. The molecule has 0 aliphatic carbocycles. The summed E-state index contributed by atoms with van der Waals surface area (Å²) in [7, 11) is 3.29. The van der Waals surface area contributed by atoms with Gasteiger partial charge in [-0.25, -0.2) is 4.98 Å². The van der Waals surface area contributed by atoms with Gasteiger partial charge in [0.15, 0.2) is 17.3 Å². The third-order valence-corrected chi connectivity index (χ3v) is 6.28. The van der Waals surface area contributed by atoms with E-state index in [0.717, 1.165) is 57.0 Å². The number of aryl methyl sites for hydroxylation is 3. The molecule has 0 amide bonds. The van der Waals surface area contributed by atoms with E-state index in [4.69, 9.17) is 14.6 Å². The number of methoxy groups -OCH3 is 2. The number of benzene rings is 2. The van der Waals surface area contributed by atoms with E-state index in [1.165, 1.54) is 5.56 Å². The van der Waals surface area contributed by atoms with Crippen LogP contribution in [0.25, 0.3) is 16.0 Å². The lowest BCUT2D eigenvalue weighted by Crippen LogP contribution is -2.07. The molecule has 0 fully saturated rings. The van der Waals surface area contributed by atoms with Crippen LogP contribution in [0.3, 0.4) is 0 Å². The summed E-state index contributed by atoms with van der Waals surface area (Å²) in [6.07, 6.45) is 1.67. The molecular weight excluding hydrogens is 412 g/mol. The Morgan fingerprint density at radius 3 is 2.65 bits per heavy atom. The van der Waals surface area contributed by atoms with Crippen LogP contribution in [0.15, 0.2) is 42.5 Å².